The SMILES string of the molecule is Nc1nn(-c2cc(Cl)cc(C(F)(F)F)c2)c2c1CCC2. The molecule has 3 nitrogen and oxygen atoms in total. The van der Waals surface area contributed by atoms with Gasteiger partial charge in [-0.15, -0.1) is 0 Å². The quantitative estimate of drug-likeness (QED) is 0.874. The number of rotatable bonds is 1. The fourth-order valence-electron chi connectivity index (χ4n) is 2.54. The number of aromatic nitrogens is 2. The highest BCUT2D eigenvalue weighted by molar-refractivity contribution is 6.30. The lowest BCUT2D eigenvalue weighted by atomic mass is 10.2. The average molecular weight is 302 g/mol. The van der Waals surface area contributed by atoms with Crippen LogP contribution in [0, 0.1) is 0 Å². The molecule has 2 N–H and O–H groups in total. The van der Waals surface area contributed by atoms with Gasteiger partial charge in [-0.2, -0.15) is 18.3 Å². The molecule has 0 spiro atoms. The zero-order chi connectivity index (χ0) is 14.5. The van der Waals surface area contributed by atoms with E-state index in [9.17, 15) is 13.2 Å². The van der Waals surface area contributed by atoms with Crippen LogP contribution in [0.2, 0.25) is 5.02 Å². The number of hydrogen-bond acceptors (Lipinski definition) is 2. The van der Waals surface area contributed by atoms with Gasteiger partial charge >= 0.3 is 6.18 Å². The maximum atomic E-state index is 12.8. The Labute approximate surface area is 118 Å². The molecule has 0 bridgehead atoms. The van der Waals surface area contributed by atoms with Gasteiger partial charge in [-0.05, 0) is 37.5 Å². The summed E-state index contributed by atoms with van der Waals surface area (Å²) in [5.74, 6) is 0.381. The second-order valence-electron chi connectivity index (χ2n) is 4.77. The van der Waals surface area contributed by atoms with E-state index in [1.54, 1.807) is 0 Å². The summed E-state index contributed by atoms with van der Waals surface area (Å²) in [6, 6.07) is 3.40. The molecule has 1 aliphatic rings. The summed E-state index contributed by atoms with van der Waals surface area (Å²) in [5.41, 5.74) is 7.11. The molecule has 0 unspecified atom stereocenters. The van der Waals surface area contributed by atoms with Gasteiger partial charge in [-0.25, -0.2) is 4.68 Å². The Hall–Kier alpha value is -1.69. The van der Waals surface area contributed by atoms with Gasteiger partial charge in [-0.1, -0.05) is 11.6 Å². The number of nitrogens with zero attached hydrogens (tertiary/aromatic N) is 2. The number of benzene rings is 1. The van der Waals surface area contributed by atoms with Crippen molar-refractivity contribution in [2.24, 2.45) is 0 Å². The molecular formula is C13H11ClF3N3. The molecule has 7 heteroatoms. The summed E-state index contributed by atoms with van der Waals surface area (Å²) in [4.78, 5) is 0. The van der Waals surface area contributed by atoms with Crippen molar-refractivity contribution in [3.8, 4) is 5.69 Å². The Balaban J connectivity index is 2.16. The van der Waals surface area contributed by atoms with Crippen LogP contribution in [-0.2, 0) is 19.0 Å². The highest BCUT2D eigenvalue weighted by atomic mass is 35.5. The summed E-state index contributed by atoms with van der Waals surface area (Å²) in [7, 11) is 0. The van der Waals surface area contributed by atoms with Crippen LogP contribution >= 0.6 is 11.6 Å². The molecular weight excluding hydrogens is 291 g/mol. The minimum atomic E-state index is -4.44. The fourth-order valence-corrected chi connectivity index (χ4v) is 2.77. The second-order valence-corrected chi connectivity index (χ2v) is 5.21. The third kappa shape index (κ3) is 2.14. The van der Waals surface area contributed by atoms with Crippen molar-refractivity contribution in [3.63, 3.8) is 0 Å². The molecule has 0 aliphatic heterocycles. The Kier molecular flexibility index (Phi) is 2.93. The maximum absolute atomic E-state index is 12.8. The number of hydrogen-bond donors (Lipinski definition) is 1. The van der Waals surface area contributed by atoms with E-state index in [2.05, 4.69) is 5.10 Å². The summed E-state index contributed by atoms with van der Waals surface area (Å²) in [6.45, 7) is 0. The average Bonchev–Trinajstić information content (AvgIpc) is 2.92. The molecule has 1 aliphatic carbocycles. The highest BCUT2D eigenvalue weighted by Gasteiger charge is 2.32. The van der Waals surface area contributed by atoms with Gasteiger partial charge in [-0.3, -0.25) is 0 Å². The van der Waals surface area contributed by atoms with Crippen LogP contribution in [0.3, 0.4) is 0 Å². The van der Waals surface area contributed by atoms with Crippen molar-refractivity contribution in [1.29, 1.82) is 0 Å². The Morgan fingerprint density at radius 2 is 1.95 bits per heavy atom. The first kappa shape index (κ1) is 13.3. The Morgan fingerprint density at radius 3 is 2.65 bits per heavy atom. The number of anilines is 1. The lowest BCUT2D eigenvalue weighted by Gasteiger charge is -2.11. The number of alkyl halides is 3. The van der Waals surface area contributed by atoms with E-state index in [0.717, 1.165) is 42.7 Å². The molecule has 1 aromatic heterocycles. The van der Waals surface area contributed by atoms with Crippen LogP contribution in [-0.4, -0.2) is 9.78 Å². The lowest BCUT2D eigenvalue weighted by molar-refractivity contribution is -0.137. The lowest BCUT2D eigenvalue weighted by Crippen LogP contribution is -2.08. The molecule has 20 heavy (non-hydrogen) atoms. The number of fused-ring (bicyclic) bond motifs is 1. The van der Waals surface area contributed by atoms with E-state index in [1.807, 2.05) is 0 Å². The number of nitrogen functional groups attached to an aromatic ring is 1. The minimum absolute atomic E-state index is 0.0237. The highest BCUT2D eigenvalue weighted by Crippen LogP contribution is 2.35. The monoisotopic (exact) mass is 301 g/mol. The topological polar surface area (TPSA) is 43.8 Å². The minimum Gasteiger partial charge on any atom is -0.382 e. The van der Waals surface area contributed by atoms with Crippen LogP contribution in [0.1, 0.15) is 23.2 Å². The maximum Gasteiger partial charge on any atom is 0.416 e. The van der Waals surface area contributed by atoms with E-state index in [1.165, 1.54) is 10.7 Å². The largest absolute Gasteiger partial charge is 0.416 e. The predicted molar refractivity (Wildman–Crippen MR) is 70.0 cm³/mol. The third-order valence-corrected chi connectivity index (χ3v) is 3.63. The second kappa shape index (κ2) is 4.41. The molecule has 0 amide bonds. The van der Waals surface area contributed by atoms with E-state index in [-0.39, 0.29) is 5.02 Å². The first-order valence-electron chi connectivity index (χ1n) is 6.10. The fraction of sp³-hybridized carbons (Fsp3) is 0.308. The predicted octanol–water partition coefficient (Wildman–Crippen LogP) is 3.62. The molecule has 3 rings (SSSR count). The van der Waals surface area contributed by atoms with Crippen LogP contribution < -0.4 is 5.73 Å². The van der Waals surface area contributed by atoms with Gasteiger partial charge in [0.25, 0.3) is 0 Å². The standard InChI is InChI=1S/C13H11ClF3N3/c14-8-4-7(13(15,16)17)5-9(6-8)20-11-3-1-2-10(11)12(18)19-20/h4-6H,1-3H2,(H2,18,19). The van der Waals surface area contributed by atoms with Gasteiger partial charge < -0.3 is 5.73 Å². The summed E-state index contributed by atoms with van der Waals surface area (Å²) < 4.78 is 40.0. The van der Waals surface area contributed by atoms with Crippen LogP contribution in [0.4, 0.5) is 19.0 Å². The van der Waals surface area contributed by atoms with Gasteiger partial charge in [0.15, 0.2) is 0 Å². The number of nitrogens with two attached hydrogens (primary N) is 1. The van der Waals surface area contributed by atoms with Crippen molar-refractivity contribution in [3.05, 3.63) is 40.0 Å². The normalized spacial score (nSPS) is 14.6. The van der Waals surface area contributed by atoms with Crippen molar-refractivity contribution in [2.45, 2.75) is 25.4 Å². The van der Waals surface area contributed by atoms with Crippen molar-refractivity contribution in [2.75, 3.05) is 5.73 Å². The van der Waals surface area contributed by atoms with Gasteiger partial charge in [0.1, 0.15) is 5.82 Å². The number of halogens is 4. The zero-order valence-electron chi connectivity index (χ0n) is 10.3. The Morgan fingerprint density at radius 1 is 1.20 bits per heavy atom. The molecule has 0 saturated heterocycles. The molecule has 0 fully saturated rings. The summed E-state index contributed by atoms with van der Waals surface area (Å²) in [5, 5.41) is 4.16. The van der Waals surface area contributed by atoms with Crippen LogP contribution in [0.5, 0.6) is 0 Å². The molecule has 106 valence electrons. The molecule has 2 aromatic rings. The van der Waals surface area contributed by atoms with Gasteiger partial charge in [0, 0.05) is 16.3 Å². The van der Waals surface area contributed by atoms with E-state index >= 15 is 0 Å². The summed E-state index contributed by atoms with van der Waals surface area (Å²) >= 11 is 5.79. The van der Waals surface area contributed by atoms with Crippen molar-refractivity contribution < 1.29 is 13.2 Å². The first-order valence-corrected chi connectivity index (χ1v) is 6.48. The summed E-state index contributed by atoms with van der Waals surface area (Å²) in [6.07, 6.45) is -1.94. The molecule has 1 aromatic carbocycles. The van der Waals surface area contributed by atoms with Gasteiger partial charge in [0.05, 0.1) is 11.3 Å². The molecule has 0 radical (unpaired) electrons. The first-order chi connectivity index (χ1) is 9.36. The van der Waals surface area contributed by atoms with Crippen LogP contribution in [0.25, 0.3) is 5.69 Å². The van der Waals surface area contributed by atoms with Crippen LogP contribution in [0.15, 0.2) is 18.2 Å². The molecule has 0 saturated carbocycles. The molecule has 0 atom stereocenters. The molecule has 1 heterocycles. The van der Waals surface area contributed by atoms with E-state index in [0.29, 0.717) is 11.5 Å². The van der Waals surface area contributed by atoms with Crippen molar-refractivity contribution in [1.82, 2.24) is 9.78 Å². The zero-order valence-corrected chi connectivity index (χ0v) is 11.1. The van der Waals surface area contributed by atoms with Crippen molar-refractivity contribution >= 4 is 17.4 Å². The smallest absolute Gasteiger partial charge is 0.382 e. The third-order valence-electron chi connectivity index (χ3n) is 3.42. The van der Waals surface area contributed by atoms with E-state index < -0.39 is 11.7 Å². The Bertz CT molecular complexity index is 676. The van der Waals surface area contributed by atoms with Gasteiger partial charge in [0.2, 0.25) is 0 Å². The van der Waals surface area contributed by atoms with E-state index in [4.69, 9.17) is 17.3 Å².